The van der Waals surface area contributed by atoms with Gasteiger partial charge in [-0.15, -0.1) is 0 Å². The van der Waals surface area contributed by atoms with Gasteiger partial charge in [-0.05, 0) is 18.2 Å². The van der Waals surface area contributed by atoms with E-state index in [1.165, 1.54) is 24.3 Å². The Balaban J connectivity index is 1.62. The summed E-state index contributed by atoms with van der Waals surface area (Å²) < 4.78 is 10.8. The first-order valence-electron chi connectivity index (χ1n) is 9.66. The van der Waals surface area contributed by atoms with Gasteiger partial charge in [0.1, 0.15) is 46.9 Å². The van der Waals surface area contributed by atoms with Gasteiger partial charge in [0.2, 0.25) is 6.29 Å². The Bertz CT molecular complexity index is 1220. The highest BCUT2D eigenvalue weighted by molar-refractivity contribution is 5.86. The molecule has 1 aliphatic heterocycles. The summed E-state index contributed by atoms with van der Waals surface area (Å²) in [4.78, 5) is 22.5. The minimum Gasteiger partial charge on any atom is -0.507 e. The molecule has 5 unspecified atom stereocenters. The lowest BCUT2D eigenvalue weighted by Crippen LogP contribution is -2.59. The summed E-state index contributed by atoms with van der Waals surface area (Å²) >= 11 is 0. The molecular weight excluding hydrogens is 444 g/mol. The van der Waals surface area contributed by atoms with E-state index in [0.29, 0.717) is 0 Å². The topological polar surface area (TPSA) is 200 Å². The van der Waals surface area contributed by atoms with Crippen LogP contribution in [0.3, 0.4) is 0 Å². The lowest BCUT2D eigenvalue weighted by atomic mass is 9.99. The monoisotopic (exact) mass is 464 g/mol. The Labute approximate surface area is 184 Å². The van der Waals surface area contributed by atoms with Crippen LogP contribution in [0.25, 0.3) is 22.3 Å². The number of aliphatic hydroxyl groups is 4. The third-order valence-electron chi connectivity index (χ3n) is 5.13. The summed E-state index contributed by atoms with van der Waals surface area (Å²) in [6, 6.07) is 7.13. The van der Waals surface area contributed by atoms with Crippen LogP contribution >= 0.6 is 0 Å². The van der Waals surface area contributed by atoms with Crippen LogP contribution in [-0.2, 0) is 9.62 Å². The maximum absolute atomic E-state index is 12.5. The number of phenolic OH excluding ortho intramolecular Hbond substituents is 3. The smallest absolute Gasteiger partial charge is 0.232 e. The van der Waals surface area contributed by atoms with E-state index in [2.05, 4.69) is 0 Å². The molecule has 12 nitrogen and oxygen atoms in total. The lowest BCUT2D eigenvalue weighted by Gasteiger charge is -2.38. The normalized spacial score (nSPS) is 25.3. The summed E-state index contributed by atoms with van der Waals surface area (Å²) in [5, 5.41) is 68.1. The van der Waals surface area contributed by atoms with Crippen LogP contribution in [0.2, 0.25) is 0 Å². The molecule has 33 heavy (non-hydrogen) atoms. The van der Waals surface area contributed by atoms with Crippen molar-refractivity contribution in [2.24, 2.45) is 0 Å². The Morgan fingerprint density at radius 3 is 2.33 bits per heavy atom. The van der Waals surface area contributed by atoms with Crippen molar-refractivity contribution in [3.05, 3.63) is 46.6 Å². The van der Waals surface area contributed by atoms with Crippen molar-refractivity contribution in [2.45, 2.75) is 30.7 Å². The minimum absolute atomic E-state index is 0.0224. The Morgan fingerprint density at radius 1 is 0.879 bits per heavy atom. The van der Waals surface area contributed by atoms with E-state index in [4.69, 9.17) is 18.9 Å². The number of hydrogen-bond acceptors (Lipinski definition) is 12. The third kappa shape index (κ3) is 4.30. The van der Waals surface area contributed by atoms with Gasteiger partial charge in [-0.2, -0.15) is 4.89 Å². The summed E-state index contributed by atoms with van der Waals surface area (Å²) in [7, 11) is 0. The minimum atomic E-state index is -1.72. The van der Waals surface area contributed by atoms with Crippen molar-refractivity contribution in [3.8, 4) is 34.3 Å². The fourth-order valence-corrected chi connectivity index (χ4v) is 3.36. The maximum Gasteiger partial charge on any atom is 0.232 e. The molecule has 3 aromatic rings. The average Bonchev–Trinajstić information content (AvgIpc) is 2.78. The summed E-state index contributed by atoms with van der Waals surface area (Å²) in [5.41, 5.74) is -0.442. The van der Waals surface area contributed by atoms with E-state index < -0.39 is 54.2 Å². The molecule has 2 heterocycles. The number of aliphatic hydroxyl groups excluding tert-OH is 4. The standard InChI is InChI=1S/C21H20O12/c22-7-16-18(27)19(28)20(29)21(31-16)33-32-9-4-12(25)17-13(26)6-14(30-15(17)5-9)8-1-2-10(23)11(24)3-8/h1-6,16,18-25,27-29H,7H2. The number of rotatable bonds is 5. The van der Waals surface area contributed by atoms with E-state index in [0.717, 1.165) is 12.1 Å². The summed E-state index contributed by atoms with van der Waals surface area (Å²) in [6.45, 7) is -0.664. The molecule has 0 radical (unpaired) electrons. The van der Waals surface area contributed by atoms with E-state index in [1.54, 1.807) is 0 Å². The van der Waals surface area contributed by atoms with Crippen LogP contribution < -0.4 is 10.3 Å². The number of fused-ring (bicyclic) bond motifs is 1. The molecule has 12 heteroatoms. The Morgan fingerprint density at radius 2 is 1.64 bits per heavy atom. The largest absolute Gasteiger partial charge is 0.507 e. The molecule has 1 fully saturated rings. The van der Waals surface area contributed by atoms with Gasteiger partial charge in [-0.1, -0.05) is 0 Å². The third-order valence-corrected chi connectivity index (χ3v) is 5.13. The van der Waals surface area contributed by atoms with Crippen molar-refractivity contribution in [2.75, 3.05) is 6.61 Å². The first kappa shape index (κ1) is 22.8. The van der Waals surface area contributed by atoms with E-state index >= 15 is 0 Å². The quantitative estimate of drug-likeness (QED) is 0.148. The van der Waals surface area contributed by atoms with Crippen LogP contribution in [0.5, 0.6) is 23.0 Å². The van der Waals surface area contributed by atoms with E-state index in [-0.39, 0.29) is 33.8 Å². The predicted octanol–water partition coefficient (Wildman–Crippen LogP) is -0.313. The average molecular weight is 464 g/mol. The molecule has 0 aliphatic carbocycles. The van der Waals surface area contributed by atoms with Gasteiger partial charge >= 0.3 is 0 Å². The van der Waals surface area contributed by atoms with Crippen molar-refractivity contribution < 1.29 is 54.7 Å². The second-order valence-electron chi connectivity index (χ2n) is 7.37. The molecule has 0 spiro atoms. The van der Waals surface area contributed by atoms with Gasteiger partial charge in [0.15, 0.2) is 22.7 Å². The predicted molar refractivity (Wildman–Crippen MR) is 108 cm³/mol. The molecule has 0 saturated carbocycles. The Hall–Kier alpha value is -3.39. The van der Waals surface area contributed by atoms with Crippen LogP contribution in [0.15, 0.2) is 45.6 Å². The van der Waals surface area contributed by atoms with Crippen molar-refractivity contribution in [1.82, 2.24) is 0 Å². The first-order chi connectivity index (χ1) is 15.7. The summed E-state index contributed by atoms with van der Waals surface area (Å²) in [5.74, 6) is -1.45. The van der Waals surface area contributed by atoms with E-state index in [1.807, 2.05) is 0 Å². The van der Waals surface area contributed by atoms with Crippen molar-refractivity contribution in [1.29, 1.82) is 0 Å². The zero-order chi connectivity index (χ0) is 23.9. The van der Waals surface area contributed by atoms with Crippen molar-refractivity contribution >= 4 is 11.0 Å². The number of ether oxygens (including phenoxy) is 1. The highest BCUT2D eigenvalue weighted by atomic mass is 17.2. The number of hydrogen-bond donors (Lipinski definition) is 7. The van der Waals surface area contributed by atoms with Crippen LogP contribution in [0.1, 0.15) is 0 Å². The number of aromatic hydroxyl groups is 3. The molecule has 7 N–H and O–H groups in total. The van der Waals surface area contributed by atoms with Crippen LogP contribution in [0.4, 0.5) is 0 Å². The molecule has 5 atom stereocenters. The molecular formula is C21H20O12. The number of benzene rings is 2. The second-order valence-corrected chi connectivity index (χ2v) is 7.37. The molecule has 1 aromatic heterocycles. The summed E-state index contributed by atoms with van der Waals surface area (Å²) in [6.07, 6.45) is -7.80. The van der Waals surface area contributed by atoms with Gasteiger partial charge < -0.3 is 49.8 Å². The zero-order valence-corrected chi connectivity index (χ0v) is 16.7. The fraction of sp³-hybridized carbons (Fsp3) is 0.286. The fourth-order valence-electron chi connectivity index (χ4n) is 3.36. The molecule has 1 saturated heterocycles. The molecule has 0 amide bonds. The molecule has 4 rings (SSSR count). The maximum atomic E-state index is 12.5. The molecule has 0 bridgehead atoms. The first-order valence-corrected chi connectivity index (χ1v) is 9.66. The second kappa shape index (κ2) is 8.86. The van der Waals surface area contributed by atoms with Gasteiger partial charge in [0.25, 0.3) is 0 Å². The molecule has 176 valence electrons. The van der Waals surface area contributed by atoms with E-state index in [9.17, 15) is 40.5 Å². The van der Waals surface area contributed by atoms with Crippen molar-refractivity contribution in [3.63, 3.8) is 0 Å². The molecule has 1 aliphatic rings. The highest BCUT2D eigenvalue weighted by Gasteiger charge is 2.45. The molecule has 2 aromatic carbocycles. The van der Waals surface area contributed by atoms with Crippen LogP contribution in [0, 0.1) is 0 Å². The zero-order valence-electron chi connectivity index (χ0n) is 16.7. The number of phenols is 3. The van der Waals surface area contributed by atoms with Gasteiger partial charge in [-0.3, -0.25) is 4.79 Å². The Kier molecular flexibility index (Phi) is 6.12. The SMILES string of the molecule is O=c1cc(-c2ccc(O)c(O)c2)oc2cc(OOC3OC(CO)C(O)C(O)C3O)cc(O)c12. The lowest BCUT2D eigenvalue weighted by molar-refractivity contribution is -0.386. The van der Waals surface area contributed by atoms with Crippen LogP contribution in [-0.4, -0.2) is 73.1 Å². The highest BCUT2D eigenvalue weighted by Crippen LogP contribution is 2.34. The van der Waals surface area contributed by atoms with Gasteiger partial charge in [0, 0.05) is 23.8 Å². The van der Waals surface area contributed by atoms with Gasteiger partial charge in [0.05, 0.1) is 6.61 Å². The van der Waals surface area contributed by atoms with Gasteiger partial charge in [-0.25, -0.2) is 0 Å².